The number of nitrogens with zero attached hydrogens (tertiary/aromatic N) is 1. The first kappa shape index (κ1) is 13.3. The Bertz CT molecular complexity index is 383. The topological polar surface area (TPSA) is 41.9 Å². The predicted molar refractivity (Wildman–Crippen MR) is 69.7 cm³/mol. The zero-order valence-corrected chi connectivity index (χ0v) is 11.0. The number of hydrogen-bond donors (Lipinski definition) is 1. The lowest BCUT2D eigenvalue weighted by Gasteiger charge is -2.36. The maximum Gasteiger partial charge on any atom is 0.119 e. The van der Waals surface area contributed by atoms with E-state index in [1.807, 2.05) is 25.1 Å². The van der Waals surface area contributed by atoms with Gasteiger partial charge >= 0.3 is 0 Å². The highest BCUT2D eigenvalue weighted by molar-refractivity contribution is 5.28. The summed E-state index contributed by atoms with van der Waals surface area (Å²) in [5, 5.41) is 9.20. The summed E-state index contributed by atoms with van der Waals surface area (Å²) in [6, 6.07) is 8.09. The lowest BCUT2D eigenvalue weighted by atomic mass is 10.1. The Hall–Kier alpha value is -1.10. The number of aliphatic hydroxyl groups excluding tert-OH is 1. The first-order chi connectivity index (χ1) is 8.71. The van der Waals surface area contributed by atoms with E-state index in [1.165, 1.54) is 5.56 Å². The van der Waals surface area contributed by atoms with Crippen molar-refractivity contribution in [2.45, 2.75) is 25.7 Å². The number of benzene rings is 1. The fourth-order valence-electron chi connectivity index (χ4n) is 2.40. The van der Waals surface area contributed by atoms with E-state index in [2.05, 4.69) is 11.0 Å². The van der Waals surface area contributed by atoms with Crippen molar-refractivity contribution in [1.29, 1.82) is 0 Å². The van der Waals surface area contributed by atoms with Crippen LogP contribution in [0.4, 0.5) is 0 Å². The summed E-state index contributed by atoms with van der Waals surface area (Å²) in [5.74, 6) is 0.882. The lowest BCUT2D eigenvalue weighted by Crippen LogP contribution is -2.47. The van der Waals surface area contributed by atoms with Crippen LogP contribution in [-0.2, 0) is 11.3 Å². The van der Waals surface area contributed by atoms with Gasteiger partial charge in [-0.3, -0.25) is 4.90 Å². The summed E-state index contributed by atoms with van der Waals surface area (Å²) in [4.78, 5) is 2.31. The van der Waals surface area contributed by atoms with Gasteiger partial charge < -0.3 is 14.6 Å². The van der Waals surface area contributed by atoms with Crippen molar-refractivity contribution in [3.63, 3.8) is 0 Å². The van der Waals surface area contributed by atoms with Crippen molar-refractivity contribution >= 4 is 0 Å². The van der Waals surface area contributed by atoms with Crippen molar-refractivity contribution < 1.29 is 14.6 Å². The van der Waals surface area contributed by atoms with Gasteiger partial charge in [-0.2, -0.15) is 0 Å². The largest absolute Gasteiger partial charge is 0.497 e. The smallest absolute Gasteiger partial charge is 0.119 e. The molecule has 4 nitrogen and oxygen atoms in total. The predicted octanol–water partition coefficient (Wildman–Crippen LogP) is 1.28. The Balaban J connectivity index is 1.99. The Morgan fingerprint density at radius 3 is 3.00 bits per heavy atom. The molecule has 18 heavy (non-hydrogen) atoms. The molecule has 0 radical (unpaired) electrons. The average molecular weight is 251 g/mol. The van der Waals surface area contributed by atoms with E-state index >= 15 is 0 Å². The highest BCUT2D eigenvalue weighted by Crippen LogP contribution is 2.17. The van der Waals surface area contributed by atoms with Crippen LogP contribution in [0.5, 0.6) is 5.75 Å². The van der Waals surface area contributed by atoms with Crippen LogP contribution in [-0.4, -0.2) is 49.0 Å². The molecule has 2 atom stereocenters. The minimum absolute atomic E-state index is 0.0700. The molecule has 1 saturated heterocycles. The van der Waals surface area contributed by atoms with Crippen LogP contribution in [0.25, 0.3) is 0 Å². The van der Waals surface area contributed by atoms with Crippen molar-refractivity contribution in [2.75, 3.05) is 26.8 Å². The SMILES string of the molecule is COc1cccc(CN2CC(C)OC(CO)C2)c1. The molecule has 4 heteroatoms. The number of morpholine rings is 1. The fourth-order valence-corrected chi connectivity index (χ4v) is 2.40. The molecule has 0 bridgehead atoms. The quantitative estimate of drug-likeness (QED) is 0.875. The monoisotopic (exact) mass is 251 g/mol. The van der Waals surface area contributed by atoms with Crippen molar-refractivity contribution in [3.05, 3.63) is 29.8 Å². The second kappa shape index (κ2) is 6.18. The summed E-state index contributed by atoms with van der Waals surface area (Å²) in [6.07, 6.45) is 0.0980. The molecule has 1 aliphatic heterocycles. The molecular weight excluding hydrogens is 230 g/mol. The standard InChI is InChI=1S/C14H21NO3/c1-11-7-15(9-14(10-16)18-11)8-12-4-3-5-13(6-12)17-2/h3-6,11,14,16H,7-10H2,1-2H3. The first-order valence-corrected chi connectivity index (χ1v) is 6.33. The van der Waals surface area contributed by atoms with Crippen LogP contribution in [0, 0.1) is 0 Å². The molecule has 1 aromatic carbocycles. The number of methoxy groups -OCH3 is 1. The Labute approximate surface area is 108 Å². The van der Waals surface area contributed by atoms with Gasteiger partial charge in [0, 0.05) is 19.6 Å². The maximum atomic E-state index is 9.20. The fraction of sp³-hybridized carbons (Fsp3) is 0.571. The van der Waals surface area contributed by atoms with E-state index in [0.29, 0.717) is 0 Å². The van der Waals surface area contributed by atoms with E-state index in [-0.39, 0.29) is 18.8 Å². The van der Waals surface area contributed by atoms with Gasteiger partial charge in [0.25, 0.3) is 0 Å². The molecule has 2 unspecified atom stereocenters. The van der Waals surface area contributed by atoms with Crippen molar-refractivity contribution in [1.82, 2.24) is 4.90 Å². The summed E-state index contributed by atoms with van der Waals surface area (Å²) in [6.45, 7) is 4.66. The Kier molecular flexibility index (Phi) is 4.58. The molecule has 2 rings (SSSR count). The molecule has 1 fully saturated rings. The van der Waals surface area contributed by atoms with Gasteiger partial charge in [-0.15, -0.1) is 0 Å². The van der Waals surface area contributed by atoms with Crippen LogP contribution in [0.3, 0.4) is 0 Å². The van der Waals surface area contributed by atoms with E-state index in [1.54, 1.807) is 7.11 Å². The second-order valence-electron chi connectivity index (χ2n) is 4.80. The van der Waals surface area contributed by atoms with Crippen molar-refractivity contribution in [2.24, 2.45) is 0 Å². The molecule has 0 spiro atoms. The Morgan fingerprint density at radius 2 is 2.28 bits per heavy atom. The van der Waals surface area contributed by atoms with Gasteiger partial charge in [0.05, 0.1) is 25.9 Å². The first-order valence-electron chi connectivity index (χ1n) is 6.33. The van der Waals surface area contributed by atoms with Crippen LogP contribution >= 0.6 is 0 Å². The van der Waals surface area contributed by atoms with E-state index < -0.39 is 0 Å². The minimum Gasteiger partial charge on any atom is -0.497 e. The normalized spacial score (nSPS) is 25.1. The van der Waals surface area contributed by atoms with E-state index in [4.69, 9.17) is 9.47 Å². The molecule has 0 amide bonds. The molecular formula is C14H21NO3. The average Bonchev–Trinajstić information content (AvgIpc) is 2.38. The molecule has 1 aromatic rings. The number of hydrogen-bond acceptors (Lipinski definition) is 4. The molecule has 0 aliphatic carbocycles. The lowest BCUT2D eigenvalue weighted by molar-refractivity contribution is -0.0972. The van der Waals surface area contributed by atoms with Gasteiger partial charge in [0.2, 0.25) is 0 Å². The highest BCUT2D eigenvalue weighted by Gasteiger charge is 2.24. The van der Waals surface area contributed by atoms with Crippen molar-refractivity contribution in [3.8, 4) is 5.75 Å². The molecule has 0 aromatic heterocycles. The van der Waals surface area contributed by atoms with Crippen LogP contribution < -0.4 is 4.74 Å². The van der Waals surface area contributed by atoms with Crippen LogP contribution in [0.2, 0.25) is 0 Å². The van der Waals surface area contributed by atoms with E-state index in [9.17, 15) is 5.11 Å². The number of rotatable bonds is 4. The molecule has 1 aliphatic rings. The summed E-state index contributed by atoms with van der Waals surface area (Å²) >= 11 is 0. The number of ether oxygens (including phenoxy) is 2. The van der Waals surface area contributed by atoms with Gasteiger partial charge in [-0.05, 0) is 24.6 Å². The minimum atomic E-state index is -0.0700. The molecule has 1 N–H and O–H groups in total. The molecule has 1 heterocycles. The summed E-state index contributed by atoms with van der Waals surface area (Å²) in [5.41, 5.74) is 1.22. The zero-order chi connectivity index (χ0) is 13.0. The van der Waals surface area contributed by atoms with Gasteiger partial charge in [-0.1, -0.05) is 12.1 Å². The zero-order valence-electron chi connectivity index (χ0n) is 11.0. The highest BCUT2D eigenvalue weighted by atomic mass is 16.5. The third-order valence-corrected chi connectivity index (χ3v) is 3.15. The van der Waals surface area contributed by atoms with Crippen LogP contribution in [0.1, 0.15) is 12.5 Å². The van der Waals surface area contributed by atoms with Gasteiger partial charge in [0.1, 0.15) is 5.75 Å². The maximum absolute atomic E-state index is 9.20. The molecule has 0 saturated carbocycles. The van der Waals surface area contributed by atoms with Gasteiger partial charge in [-0.25, -0.2) is 0 Å². The van der Waals surface area contributed by atoms with Gasteiger partial charge in [0.15, 0.2) is 0 Å². The molecule has 100 valence electrons. The summed E-state index contributed by atoms with van der Waals surface area (Å²) < 4.78 is 10.9. The van der Waals surface area contributed by atoms with E-state index in [0.717, 1.165) is 25.4 Å². The summed E-state index contributed by atoms with van der Waals surface area (Å²) in [7, 11) is 1.68. The van der Waals surface area contributed by atoms with Crippen LogP contribution in [0.15, 0.2) is 24.3 Å². The third kappa shape index (κ3) is 3.45. The second-order valence-corrected chi connectivity index (χ2v) is 4.80. The number of aliphatic hydroxyl groups is 1. The third-order valence-electron chi connectivity index (χ3n) is 3.15. The Morgan fingerprint density at radius 1 is 1.44 bits per heavy atom.